The topological polar surface area (TPSA) is 46.5 Å². The number of methoxy groups -OCH3 is 1. The fourth-order valence-electron chi connectivity index (χ4n) is 2.29. The zero-order valence-electron chi connectivity index (χ0n) is 9.24. The van der Waals surface area contributed by atoms with Crippen LogP contribution in [0.4, 0.5) is 8.78 Å². The molecule has 3 nitrogen and oxygen atoms in total. The first-order chi connectivity index (χ1) is 7.98. The van der Waals surface area contributed by atoms with E-state index in [1.165, 1.54) is 7.11 Å². The van der Waals surface area contributed by atoms with Gasteiger partial charge in [0, 0.05) is 6.07 Å². The van der Waals surface area contributed by atoms with E-state index in [1.54, 1.807) is 0 Å². The van der Waals surface area contributed by atoms with E-state index in [0.29, 0.717) is 0 Å². The highest BCUT2D eigenvalue weighted by Crippen LogP contribution is 2.45. The van der Waals surface area contributed by atoms with Crippen molar-refractivity contribution in [3.63, 3.8) is 0 Å². The number of aliphatic hydroxyl groups is 1. The SMILES string of the molecule is COC(=O)C1(c2cc(F)cc(F)c2)CC(O)C1. The van der Waals surface area contributed by atoms with E-state index in [-0.39, 0.29) is 18.4 Å². The molecule has 1 fully saturated rings. The summed E-state index contributed by atoms with van der Waals surface area (Å²) < 4.78 is 30.9. The minimum absolute atomic E-state index is 0.128. The molecule has 1 aromatic carbocycles. The fourth-order valence-corrected chi connectivity index (χ4v) is 2.29. The first-order valence-electron chi connectivity index (χ1n) is 5.21. The van der Waals surface area contributed by atoms with Gasteiger partial charge in [0.25, 0.3) is 0 Å². The molecule has 0 radical (unpaired) electrons. The maximum Gasteiger partial charge on any atom is 0.316 e. The molecule has 1 aromatic rings. The van der Waals surface area contributed by atoms with Gasteiger partial charge in [0.2, 0.25) is 0 Å². The molecule has 0 spiro atoms. The second-order valence-corrected chi connectivity index (χ2v) is 4.29. The van der Waals surface area contributed by atoms with Crippen LogP contribution in [0, 0.1) is 11.6 Å². The maximum atomic E-state index is 13.1. The molecular weight excluding hydrogens is 230 g/mol. The summed E-state index contributed by atoms with van der Waals surface area (Å²) in [6.07, 6.45) is -0.383. The number of carbonyl (C=O) groups excluding carboxylic acids is 1. The summed E-state index contributed by atoms with van der Waals surface area (Å²) >= 11 is 0. The van der Waals surface area contributed by atoms with E-state index in [0.717, 1.165) is 18.2 Å². The molecule has 0 aromatic heterocycles. The number of carbonyl (C=O) groups is 1. The summed E-state index contributed by atoms with van der Waals surface area (Å²) in [4.78, 5) is 11.7. The Balaban J connectivity index is 2.43. The second-order valence-electron chi connectivity index (χ2n) is 4.29. The van der Waals surface area contributed by atoms with Crippen LogP contribution < -0.4 is 0 Å². The van der Waals surface area contributed by atoms with Gasteiger partial charge in [-0.1, -0.05) is 0 Å². The first-order valence-corrected chi connectivity index (χ1v) is 5.21. The summed E-state index contributed by atoms with van der Waals surface area (Å²) in [6.45, 7) is 0. The number of rotatable bonds is 2. The lowest BCUT2D eigenvalue weighted by molar-refractivity contribution is -0.156. The molecule has 0 unspecified atom stereocenters. The molecule has 92 valence electrons. The molecule has 0 heterocycles. The third-order valence-corrected chi connectivity index (χ3v) is 3.16. The van der Waals surface area contributed by atoms with Gasteiger partial charge in [0.1, 0.15) is 11.6 Å². The molecule has 1 aliphatic carbocycles. The molecule has 0 bridgehead atoms. The fraction of sp³-hybridized carbons (Fsp3) is 0.417. The molecule has 0 atom stereocenters. The molecule has 5 heteroatoms. The molecule has 2 rings (SSSR count). The number of aliphatic hydroxyl groups excluding tert-OH is 1. The highest BCUT2D eigenvalue weighted by molar-refractivity contribution is 5.84. The van der Waals surface area contributed by atoms with Crippen LogP contribution in [-0.2, 0) is 14.9 Å². The van der Waals surface area contributed by atoms with Crippen molar-refractivity contribution < 1.29 is 23.4 Å². The lowest BCUT2D eigenvalue weighted by Gasteiger charge is -2.43. The predicted octanol–water partition coefficient (Wildman–Crippen LogP) is 1.53. The Kier molecular flexibility index (Phi) is 2.87. The molecular formula is C12H12F2O3. The van der Waals surface area contributed by atoms with Gasteiger partial charge in [-0.3, -0.25) is 4.79 Å². The van der Waals surface area contributed by atoms with Crippen molar-refractivity contribution in [2.45, 2.75) is 24.4 Å². The third-order valence-electron chi connectivity index (χ3n) is 3.16. The highest BCUT2D eigenvalue weighted by atomic mass is 19.1. The van der Waals surface area contributed by atoms with Crippen molar-refractivity contribution in [2.24, 2.45) is 0 Å². The van der Waals surface area contributed by atoms with Crippen LogP contribution in [0.1, 0.15) is 18.4 Å². The van der Waals surface area contributed by atoms with Crippen molar-refractivity contribution >= 4 is 5.97 Å². The summed E-state index contributed by atoms with van der Waals surface area (Å²) in [5.74, 6) is -2.07. The summed E-state index contributed by atoms with van der Waals surface area (Å²) in [7, 11) is 1.21. The molecule has 0 amide bonds. The first kappa shape index (κ1) is 12.0. The van der Waals surface area contributed by atoms with Crippen molar-refractivity contribution in [3.05, 3.63) is 35.4 Å². The standard InChI is InChI=1S/C12H12F2O3/c1-17-11(16)12(5-10(15)6-12)7-2-8(13)4-9(14)3-7/h2-4,10,15H,5-6H2,1H3. The molecule has 17 heavy (non-hydrogen) atoms. The van der Waals surface area contributed by atoms with E-state index in [2.05, 4.69) is 4.74 Å². The lowest BCUT2D eigenvalue weighted by Crippen LogP contribution is -2.51. The highest BCUT2D eigenvalue weighted by Gasteiger charge is 2.52. The van der Waals surface area contributed by atoms with Gasteiger partial charge >= 0.3 is 5.97 Å². The summed E-state index contributed by atoms with van der Waals surface area (Å²) in [6, 6.07) is 2.95. The second kappa shape index (κ2) is 4.07. The minimum atomic E-state index is -1.11. The van der Waals surface area contributed by atoms with Gasteiger partial charge in [-0.15, -0.1) is 0 Å². The van der Waals surface area contributed by atoms with Gasteiger partial charge in [0.15, 0.2) is 0 Å². The maximum absolute atomic E-state index is 13.1. The normalized spacial score (nSPS) is 27.4. The number of halogens is 2. The predicted molar refractivity (Wildman–Crippen MR) is 55.3 cm³/mol. The summed E-state index contributed by atoms with van der Waals surface area (Å²) in [5.41, 5.74) is -0.899. The van der Waals surface area contributed by atoms with Gasteiger partial charge in [-0.05, 0) is 30.5 Å². The number of ether oxygens (including phenoxy) is 1. The quantitative estimate of drug-likeness (QED) is 0.800. The minimum Gasteiger partial charge on any atom is -0.468 e. The number of hydrogen-bond acceptors (Lipinski definition) is 3. The molecule has 0 saturated heterocycles. The zero-order chi connectivity index (χ0) is 12.6. The van der Waals surface area contributed by atoms with E-state index in [9.17, 15) is 18.7 Å². The zero-order valence-corrected chi connectivity index (χ0v) is 9.24. The van der Waals surface area contributed by atoms with Gasteiger partial charge in [-0.25, -0.2) is 8.78 Å². The number of esters is 1. The van der Waals surface area contributed by atoms with Crippen molar-refractivity contribution in [3.8, 4) is 0 Å². The average molecular weight is 242 g/mol. The Bertz CT molecular complexity index is 433. The van der Waals surface area contributed by atoms with Crippen molar-refractivity contribution in [2.75, 3.05) is 7.11 Å². The number of hydrogen-bond donors (Lipinski definition) is 1. The van der Waals surface area contributed by atoms with Gasteiger partial charge < -0.3 is 9.84 Å². The van der Waals surface area contributed by atoms with Gasteiger partial charge in [0.05, 0.1) is 18.6 Å². The van der Waals surface area contributed by atoms with Crippen LogP contribution in [-0.4, -0.2) is 24.3 Å². The lowest BCUT2D eigenvalue weighted by atomic mass is 9.62. The van der Waals surface area contributed by atoms with Crippen LogP contribution in [0.3, 0.4) is 0 Å². The Morgan fingerprint density at radius 2 is 1.88 bits per heavy atom. The largest absolute Gasteiger partial charge is 0.468 e. The molecule has 1 saturated carbocycles. The average Bonchev–Trinajstić information content (AvgIpc) is 2.22. The van der Waals surface area contributed by atoms with Crippen LogP contribution >= 0.6 is 0 Å². The molecule has 1 aliphatic rings. The van der Waals surface area contributed by atoms with E-state index < -0.39 is 29.1 Å². The number of benzene rings is 1. The third kappa shape index (κ3) is 1.91. The summed E-state index contributed by atoms with van der Waals surface area (Å²) in [5, 5.41) is 9.33. The van der Waals surface area contributed by atoms with Crippen LogP contribution in [0.15, 0.2) is 18.2 Å². The van der Waals surface area contributed by atoms with Crippen LogP contribution in [0.2, 0.25) is 0 Å². The van der Waals surface area contributed by atoms with Gasteiger partial charge in [-0.2, -0.15) is 0 Å². The Morgan fingerprint density at radius 3 is 2.29 bits per heavy atom. The van der Waals surface area contributed by atoms with E-state index >= 15 is 0 Å². The van der Waals surface area contributed by atoms with Crippen molar-refractivity contribution in [1.82, 2.24) is 0 Å². The molecule has 0 aliphatic heterocycles. The smallest absolute Gasteiger partial charge is 0.316 e. The Hall–Kier alpha value is -1.49. The van der Waals surface area contributed by atoms with Crippen LogP contribution in [0.25, 0.3) is 0 Å². The van der Waals surface area contributed by atoms with E-state index in [4.69, 9.17) is 0 Å². The van der Waals surface area contributed by atoms with Crippen LogP contribution in [0.5, 0.6) is 0 Å². The van der Waals surface area contributed by atoms with E-state index in [1.807, 2.05) is 0 Å². The Morgan fingerprint density at radius 1 is 1.35 bits per heavy atom. The monoisotopic (exact) mass is 242 g/mol. The molecule has 1 N–H and O–H groups in total. The Labute approximate surface area is 97.0 Å². The van der Waals surface area contributed by atoms with Crippen molar-refractivity contribution in [1.29, 1.82) is 0 Å².